The first-order chi connectivity index (χ1) is 3.89. The Bertz CT molecular complexity index is 114. The van der Waals surface area contributed by atoms with Crippen LogP contribution in [0.4, 0.5) is 0 Å². The molecule has 0 bridgehead atoms. The number of aliphatic hydroxyl groups is 1. The van der Waals surface area contributed by atoms with Crippen LogP contribution in [0.5, 0.6) is 0 Å². The highest BCUT2D eigenvalue weighted by Crippen LogP contribution is 2.16. The van der Waals surface area contributed by atoms with Crippen LogP contribution in [0, 0.1) is 5.92 Å². The fraction of sp³-hybridized carbons (Fsp3) is 0.857. The van der Waals surface area contributed by atoms with E-state index in [0.717, 1.165) is 0 Å². The Morgan fingerprint density at radius 2 is 1.89 bits per heavy atom. The molecule has 0 aromatic heterocycles. The zero-order valence-electron chi connectivity index (χ0n) is 6.43. The Hall–Kier alpha value is -0.370. The van der Waals surface area contributed by atoms with Gasteiger partial charge in [0.2, 0.25) is 0 Å². The topological polar surface area (TPSA) is 37.3 Å². The minimum absolute atomic E-state index is 0.00463. The van der Waals surface area contributed by atoms with Crippen LogP contribution in [-0.4, -0.2) is 16.5 Å². The first kappa shape index (κ1) is 8.63. The minimum Gasteiger partial charge on any atom is -0.382 e. The van der Waals surface area contributed by atoms with Crippen LogP contribution in [0.1, 0.15) is 27.7 Å². The molecular weight excluding hydrogens is 116 g/mol. The zero-order valence-corrected chi connectivity index (χ0v) is 6.43. The number of Topliss-reactive ketones (excluding diaryl/α,β-unsaturated/α-hetero) is 1. The van der Waals surface area contributed by atoms with Crippen LogP contribution in [0.2, 0.25) is 0 Å². The van der Waals surface area contributed by atoms with Gasteiger partial charge in [0.05, 0.1) is 0 Å². The van der Waals surface area contributed by atoms with E-state index in [2.05, 4.69) is 0 Å². The Balaban J connectivity index is 4.19. The van der Waals surface area contributed by atoms with E-state index >= 15 is 0 Å². The highest BCUT2D eigenvalue weighted by atomic mass is 16.3. The van der Waals surface area contributed by atoms with Crippen LogP contribution in [0.25, 0.3) is 0 Å². The average Bonchev–Trinajstić information content (AvgIpc) is 1.65. The lowest BCUT2D eigenvalue weighted by Gasteiger charge is -2.23. The number of hydrogen-bond acceptors (Lipinski definition) is 2. The van der Waals surface area contributed by atoms with Gasteiger partial charge in [-0.1, -0.05) is 13.8 Å². The monoisotopic (exact) mass is 130 g/mol. The van der Waals surface area contributed by atoms with Gasteiger partial charge in [-0.05, 0) is 19.8 Å². The zero-order chi connectivity index (χ0) is 7.65. The minimum atomic E-state index is -1.14. The van der Waals surface area contributed by atoms with Gasteiger partial charge in [-0.2, -0.15) is 0 Å². The Morgan fingerprint density at radius 3 is 1.89 bits per heavy atom. The summed E-state index contributed by atoms with van der Waals surface area (Å²) in [4.78, 5) is 10.7. The quantitative estimate of drug-likeness (QED) is 0.605. The number of carbonyl (C=O) groups is 1. The third-order valence-electron chi connectivity index (χ3n) is 1.84. The van der Waals surface area contributed by atoms with E-state index in [1.165, 1.54) is 6.92 Å². The highest BCUT2D eigenvalue weighted by Gasteiger charge is 2.29. The predicted octanol–water partition coefficient (Wildman–Crippen LogP) is 0.982. The summed E-state index contributed by atoms with van der Waals surface area (Å²) in [5.74, 6) is -0.174. The molecule has 0 radical (unpaired) electrons. The molecule has 0 fully saturated rings. The molecule has 0 aliphatic rings. The number of rotatable bonds is 2. The molecule has 2 nitrogen and oxygen atoms in total. The maximum Gasteiger partial charge on any atom is 0.161 e. The molecule has 0 saturated carbocycles. The molecule has 0 spiro atoms. The molecule has 0 rings (SSSR count). The lowest BCUT2D eigenvalue weighted by atomic mass is 9.89. The van der Waals surface area contributed by atoms with E-state index in [1.54, 1.807) is 6.92 Å². The Labute approximate surface area is 55.9 Å². The van der Waals surface area contributed by atoms with Crippen LogP contribution in [0.3, 0.4) is 0 Å². The lowest BCUT2D eigenvalue weighted by Crippen LogP contribution is -2.38. The maximum atomic E-state index is 10.7. The van der Waals surface area contributed by atoms with E-state index in [9.17, 15) is 9.90 Å². The number of carbonyl (C=O) groups excluding carboxylic acids is 1. The molecule has 0 aliphatic heterocycles. The van der Waals surface area contributed by atoms with Gasteiger partial charge in [-0.25, -0.2) is 0 Å². The molecule has 0 heterocycles. The maximum absolute atomic E-state index is 10.7. The lowest BCUT2D eigenvalue weighted by molar-refractivity contribution is -0.137. The Morgan fingerprint density at radius 1 is 1.56 bits per heavy atom. The van der Waals surface area contributed by atoms with Gasteiger partial charge >= 0.3 is 0 Å². The smallest absolute Gasteiger partial charge is 0.161 e. The average molecular weight is 130 g/mol. The summed E-state index contributed by atoms with van der Waals surface area (Å²) in [6, 6.07) is 0. The Kier molecular flexibility index (Phi) is 2.38. The van der Waals surface area contributed by atoms with Crippen molar-refractivity contribution < 1.29 is 9.90 Å². The van der Waals surface area contributed by atoms with Crippen LogP contribution < -0.4 is 0 Å². The third kappa shape index (κ3) is 1.79. The molecule has 1 N–H and O–H groups in total. The second-order valence-electron chi connectivity index (χ2n) is 2.86. The molecule has 2 heteroatoms. The molecule has 9 heavy (non-hydrogen) atoms. The number of hydrogen-bond donors (Lipinski definition) is 1. The fourth-order valence-electron chi connectivity index (χ4n) is 0.407. The normalized spacial score (nSPS) is 17.6. The fourth-order valence-corrected chi connectivity index (χ4v) is 0.407. The van der Waals surface area contributed by atoms with Crippen molar-refractivity contribution >= 4 is 5.78 Å². The van der Waals surface area contributed by atoms with Crippen molar-refractivity contribution in [3.05, 3.63) is 0 Å². The third-order valence-corrected chi connectivity index (χ3v) is 1.84. The molecule has 0 aliphatic carbocycles. The summed E-state index contributed by atoms with van der Waals surface area (Å²) in [6.07, 6.45) is 0. The van der Waals surface area contributed by atoms with Gasteiger partial charge in [-0.3, -0.25) is 4.79 Å². The van der Waals surface area contributed by atoms with E-state index in [-0.39, 0.29) is 11.7 Å². The van der Waals surface area contributed by atoms with E-state index in [0.29, 0.717) is 0 Å². The summed E-state index contributed by atoms with van der Waals surface area (Å²) in [5.41, 5.74) is -1.14. The summed E-state index contributed by atoms with van der Waals surface area (Å²) in [5, 5.41) is 9.32. The van der Waals surface area contributed by atoms with Crippen molar-refractivity contribution in [1.29, 1.82) is 0 Å². The summed E-state index contributed by atoms with van der Waals surface area (Å²) < 4.78 is 0. The molecule has 0 unspecified atom stereocenters. The second-order valence-corrected chi connectivity index (χ2v) is 2.86. The SMILES string of the molecule is CC(=O)[C@](C)(O)C(C)C. The van der Waals surface area contributed by atoms with E-state index in [4.69, 9.17) is 0 Å². The van der Waals surface area contributed by atoms with Crippen LogP contribution in [0.15, 0.2) is 0 Å². The first-order valence-electron chi connectivity index (χ1n) is 3.12. The van der Waals surface area contributed by atoms with Crippen molar-refractivity contribution in [3.8, 4) is 0 Å². The molecule has 0 aromatic carbocycles. The van der Waals surface area contributed by atoms with Gasteiger partial charge in [0.25, 0.3) is 0 Å². The van der Waals surface area contributed by atoms with Crippen molar-refractivity contribution in [2.24, 2.45) is 5.92 Å². The molecule has 0 amide bonds. The summed E-state index contributed by atoms with van der Waals surface area (Å²) >= 11 is 0. The molecule has 0 aromatic rings. The van der Waals surface area contributed by atoms with Gasteiger partial charge in [0.1, 0.15) is 5.60 Å². The van der Waals surface area contributed by atoms with Crippen molar-refractivity contribution in [1.82, 2.24) is 0 Å². The van der Waals surface area contributed by atoms with Crippen LogP contribution >= 0.6 is 0 Å². The molecule has 54 valence electrons. The largest absolute Gasteiger partial charge is 0.382 e. The second kappa shape index (κ2) is 2.48. The summed E-state index contributed by atoms with van der Waals surface area (Å²) in [7, 11) is 0. The van der Waals surface area contributed by atoms with Gasteiger partial charge < -0.3 is 5.11 Å². The summed E-state index contributed by atoms with van der Waals surface area (Å²) in [6.45, 7) is 6.59. The predicted molar refractivity (Wildman–Crippen MR) is 36.1 cm³/mol. The standard InChI is InChI=1S/C7H14O2/c1-5(2)7(4,9)6(3)8/h5,9H,1-4H3/t7-/m1/s1. The highest BCUT2D eigenvalue weighted by molar-refractivity contribution is 5.84. The van der Waals surface area contributed by atoms with E-state index in [1.807, 2.05) is 13.8 Å². The van der Waals surface area contributed by atoms with Gasteiger partial charge in [-0.15, -0.1) is 0 Å². The van der Waals surface area contributed by atoms with E-state index < -0.39 is 5.60 Å². The molecule has 1 atom stereocenters. The first-order valence-corrected chi connectivity index (χ1v) is 3.12. The molecule has 0 saturated heterocycles. The van der Waals surface area contributed by atoms with Gasteiger partial charge in [0.15, 0.2) is 5.78 Å². The molecular formula is C7H14O2. The van der Waals surface area contributed by atoms with Crippen LogP contribution in [-0.2, 0) is 4.79 Å². The van der Waals surface area contributed by atoms with Gasteiger partial charge in [0, 0.05) is 0 Å². The number of ketones is 1. The van der Waals surface area contributed by atoms with Crippen molar-refractivity contribution in [2.75, 3.05) is 0 Å². The van der Waals surface area contributed by atoms with Crippen molar-refractivity contribution in [3.63, 3.8) is 0 Å². The van der Waals surface area contributed by atoms with Crippen molar-refractivity contribution in [2.45, 2.75) is 33.3 Å².